The van der Waals surface area contributed by atoms with E-state index < -0.39 is 5.97 Å². The third-order valence-corrected chi connectivity index (χ3v) is 4.75. The number of fused-ring (bicyclic) bond motifs is 2. The number of carbonyl (C=O) groups is 1. The van der Waals surface area contributed by atoms with Crippen LogP contribution in [0, 0.1) is 0 Å². The molecule has 3 rings (SSSR count). The van der Waals surface area contributed by atoms with Crippen molar-refractivity contribution < 1.29 is 23.7 Å². The highest BCUT2D eigenvalue weighted by Gasteiger charge is 2.23. The van der Waals surface area contributed by atoms with Gasteiger partial charge in [0.15, 0.2) is 0 Å². The highest BCUT2D eigenvalue weighted by molar-refractivity contribution is 5.96. The molecule has 0 fully saturated rings. The minimum atomic E-state index is -0.439. The molecule has 0 atom stereocenters. The Kier molecular flexibility index (Phi) is 6.71. The fraction of sp³-hybridized carbons (Fsp3) is 0.409. The lowest BCUT2D eigenvalue weighted by molar-refractivity contribution is -0.139. The minimum absolute atomic E-state index is 0.214. The van der Waals surface area contributed by atoms with Gasteiger partial charge in [-0.3, -0.25) is 0 Å². The van der Waals surface area contributed by atoms with Crippen LogP contribution in [0.1, 0.15) is 24.0 Å². The van der Waals surface area contributed by atoms with Crippen molar-refractivity contribution in [2.75, 3.05) is 33.5 Å². The molecule has 0 amide bonds. The Hall–Kier alpha value is -2.53. The number of hydrogen-bond donors (Lipinski definition) is 0. The highest BCUT2D eigenvalue weighted by Crippen LogP contribution is 2.43. The average molecular weight is 370 g/mol. The Morgan fingerprint density at radius 2 is 1.63 bits per heavy atom. The second-order valence-electron chi connectivity index (χ2n) is 6.40. The van der Waals surface area contributed by atoms with Gasteiger partial charge in [0.2, 0.25) is 0 Å². The van der Waals surface area contributed by atoms with Gasteiger partial charge < -0.3 is 18.9 Å². The first kappa shape index (κ1) is 19.2. The van der Waals surface area contributed by atoms with Crippen LogP contribution in [0.25, 0.3) is 10.8 Å². The van der Waals surface area contributed by atoms with E-state index in [9.17, 15) is 4.79 Å². The van der Waals surface area contributed by atoms with Crippen LogP contribution in [0.2, 0.25) is 0 Å². The molecule has 5 heteroatoms. The van der Waals surface area contributed by atoms with E-state index in [1.54, 1.807) is 7.11 Å². The van der Waals surface area contributed by atoms with Crippen molar-refractivity contribution in [3.63, 3.8) is 0 Å². The third kappa shape index (κ3) is 4.42. The summed E-state index contributed by atoms with van der Waals surface area (Å²) < 4.78 is 22.3. The first-order valence-electron chi connectivity index (χ1n) is 9.36. The van der Waals surface area contributed by atoms with E-state index in [2.05, 4.69) is 18.7 Å². The standard InChI is InChI=1S/C22H26O5/c1-3-20(23)26-14-12-25-13-15-27-22-18-10-6-4-8-16(18)21(24-2)17-9-5-7-11-19(17)22/h3-4,6,8,10H,1,5,7,9,11-15H2,2H3. The maximum atomic E-state index is 11.0. The van der Waals surface area contributed by atoms with E-state index >= 15 is 0 Å². The summed E-state index contributed by atoms with van der Waals surface area (Å²) in [7, 11) is 1.74. The SMILES string of the molecule is C=CC(=O)OCCOCCOc1c2c(c(OC)c3ccccc13)CCCC2. The fourth-order valence-electron chi connectivity index (χ4n) is 3.57. The molecule has 0 saturated carbocycles. The molecule has 0 saturated heterocycles. The van der Waals surface area contributed by atoms with Crippen molar-refractivity contribution in [3.05, 3.63) is 48.0 Å². The van der Waals surface area contributed by atoms with Crippen LogP contribution in [0.4, 0.5) is 0 Å². The largest absolute Gasteiger partial charge is 0.496 e. The van der Waals surface area contributed by atoms with E-state index in [-0.39, 0.29) is 6.61 Å². The van der Waals surface area contributed by atoms with Crippen LogP contribution in [0.5, 0.6) is 11.5 Å². The Balaban J connectivity index is 1.69. The third-order valence-electron chi connectivity index (χ3n) is 4.75. The molecule has 2 aromatic rings. The van der Waals surface area contributed by atoms with Gasteiger partial charge in [-0.1, -0.05) is 30.8 Å². The van der Waals surface area contributed by atoms with Crippen molar-refractivity contribution in [2.45, 2.75) is 25.7 Å². The Morgan fingerprint density at radius 3 is 2.30 bits per heavy atom. The lowest BCUT2D eigenvalue weighted by atomic mass is 9.87. The number of hydrogen-bond acceptors (Lipinski definition) is 5. The molecule has 0 radical (unpaired) electrons. The van der Waals surface area contributed by atoms with Crippen LogP contribution < -0.4 is 9.47 Å². The average Bonchev–Trinajstić information content (AvgIpc) is 2.72. The molecule has 5 nitrogen and oxygen atoms in total. The molecular weight excluding hydrogens is 344 g/mol. The van der Waals surface area contributed by atoms with Gasteiger partial charge in [0, 0.05) is 28.0 Å². The minimum Gasteiger partial charge on any atom is -0.496 e. The van der Waals surface area contributed by atoms with Crippen LogP contribution in [-0.2, 0) is 27.1 Å². The zero-order chi connectivity index (χ0) is 19.1. The van der Waals surface area contributed by atoms with Crippen molar-refractivity contribution in [2.24, 2.45) is 0 Å². The zero-order valence-corrected chi connectivity index (χ0v) is 15.8. The summed E-state index contributed by atoms with van der Waals surface area (Å²) in [5.41, 5.74) is 2.53. The predicted molar refractivity (Wildman–Crippen MR) is 105 cm³/mol. The molecule has 0 bridgehead atoms. The second-order valence-corrected chi connectivity index (χ2v) is 6.40. The van der Waals surface area contributed by atoms with Gasteiger partial charge in [-0.25, -0.2) is 4.79 Å². The van der Waals surface area contributed by atoms with Crippen molar-refractivity contribution >= 4 is 16.7 Å². The summed E-state index contributed by atoms with van der Waals surface area (Å²) in [6, 6.07) is 8.21. The van der Waals surface area contributed by atoms with E-state index in [1.807, 2.05) is 12.1 Å². The Morgan fingerprint density at radius 1 is 1.00 bits per heavy atom. The van der Waals surface area contributed by atoms with Crippen molar-refractivity contribution in [1.29, 1.82) is 0 Å². The molecule has 0 heterocycles. The maximum absolute atomic E-state index is 11.0. The summed E-state index contributed by atoms with van der Waals surface area (Å²) in [6.45, 7) is 4.78. The maximum Gasteiger partial charge on any atom is 0.330 e. The number of methoxy groups -OCH3 is 1. The molecule has 0 aromatic heterocycles. The molecule has 0 aliphatic heterocycles. The van der Waals surface area contributed by atoms with Gasteiger partial charge in [0.05, 0.1) is 20.3 Å². The van der Waals surface area contributed by atoms with E-state index in [0.717, 1.165) is 47.6 Å². The van der Waals surface area contributed by atoms with Gasteiger partial charge in [-0.05, 0) is 25.7 Å². The first-order valence-corrected chi connectivity index (χ1v) is 9.36. The highest BCUT2D eigenvalue weighted by atomic mass is 16.6. The predicted octanol–water partition coefficient (Wildman–Crippen LogP) is 3.85. The molecule has 0 spiro atoms. The van der Waals surface area contributed by atoms with E-state index in [1.165, 1.54) is 17.5 Å². The fourth-order valence-corrected chi connectivity index (χ4v) is 3.57. The molecule has 0 unspecified atom stereocenters. The quantitative estimate of drug-likeness (QED) is 0.381. The normalized spacial score (nSPS) is 13.1. The molecule has 1 aliphatic rings. The number of rotatable bonds is 9. The van der Waals surface area contributed by atoms with Crippen LogP contribution in [-0.4, -0.2) is 39.5 Å². The summed E-state index contributed by atoms with van der Waals surface area (Å²) in [6.07, 6.45) is 5.50. The van der Waals surface area contributed by atoms with Crippen LogP contribution >= 0.6 is 0 Å². The van der Waals surface area contributed by atoms with Crippen molar-refractivity contribution in [1.82, 2.24) is 0 Å². The lowest BCUT2D eigenvalue weighted by Gasteiger charge is -2.24. The number of carbonyl (C=O) groups excluding carboxylic acids is 1. The monoisotopic (exact) mass is 370 g/mol. The molecule has 2 aromatic carbocycles. The van der Waals surface area contributed by atoms with Gasteiger partial charge >= 0.3 is 5.97 Å². The van der Waals surface area contributed by atoms with E-state index in [0.29, 0.717) is 19.8 Å². The van der Waals surface area contributed by atoms with Crippen LogP contribution in [0.3, 0.4) is 0 Å². The number of ether oxygens (including phenoxy) is 4. The first-order chi connectivity index (χ1) is 13.3. The lowest BCUT2D eigenvalue weighted by Crippen LogP contribution is -2.14. The Labute approximate surface area is 159 Å². The molecule has 27 heavy (non-hydrogen) atoms. The molecule has 144 valence electrons. The number of benzene rings is 2. The molecule has 1 aliphatic carbocycles. The Bertz CT molecular complexity index is 812. The van der Waals surface area contributed by atoms with Gasteiger partial charge in [-0.15, -0.1) is 0 Å². The van der Waals surface area contributed by atoms with Gasteiger partial charge in [0.25, 0.3) is 0 Å². The molecular formula is C22H26O5. The topological polar surface area (TPSA) is 54.0 Å². The van der Waals surface area contributed by atoms with Crippen molar-refractivity contribution in [3.8, 4) is 11.5 Å². The van der Waals surface area contributed by atoms with Crippen LogP contribution in [0.15, 0.2) is 36.9 Å². The zero-order valence-electron chi connectivity index (χ0n) is 15.8. The summed E-state index contributed by atoms with van der Waals surface area (Å²) in [5, 5.41) is 2.17. The summed E-state index contributed by atoms with van der Waals surface area (Å²) in [4.78, 5) is 11.0. The van der Waals surface area contributed by atoms with E-state index in [4.69, 9.17) is 18.9 Å². The summed E-state index contributed by atoms with van der Waals surface area (Å²) in [5.74, 6) is 1.49. The van der Waals surface area contributed by atoms with Gasteiger partial charge in [-0.2, -0.15) is 0 Å². The smallest absolute Gasteiger partial charge is 0.330 e. The van der Waals surface area contributed by atoms with Gasteiger partial charge in [0.1, 0.15) is 24.7 Å². The molecule has 0 N–H and O–H groups in total. The second kappa shape index (κ2) is 9.42. The summed E-state index contributed by atoms with van der Waals surface area (Å²) >= 11 is 0. The number of esters is 1.